The van der Waals surface area contributed by atoms with Gasteiger partial charge in [-0.3, -0.25) is 0 Å². The zero-order valence-corrected chi connectivity index (χ0v) is 18.3. The largest absolute Gasteiger partial charge is 0.508 e. The number of benzene rings is 1. The van der Waals surface area contributed by atoms with Crippen LogP contribution in [-0.2, 0) is 11.2 Å². The molecule has 0 unspecified atom stereocenters. The topological polar surface area (TPSA) is 79.2 Å². The first kappa shape index (κ1) is 25.7. The maximum absolute atomic E-state index is 9.87. The van der Waals surface area contributed by atoms with Crippen LogP contribution in [0, 0.1) is 0 Å². The summed E-state index contributed by atoms with van der Waals surface area (Å²) in [6, 6.07) is 5.60. The van der Waals surface area contributed by atoms with Crippen LogP contribution in [0.15, 0.2) is 18.2 Å². The second-order valence-electron chi connectivity index (χ2n) is 7.83. The standard InChI is InChI=1S/C24H42O5/c1-2-3-10-13-21-16-22(27)18-23(17-21)28-14-11-8-6-4-5-7-9-12-15-29-24(19-25)20-26/h16-18,24-27H,2-15,19-20H2,1H3. The number of phenolic OH excluding ortho intramolecular Hbond substituents is 1. The zero-order valence-electron chi connectivity index (χ0n) is 18.3. The van der Waals surface area contributed by atoms with E-state index in [1.807, 2.05) is 6.07 Å². The maximum atomic E-state index is 9.87. The van der Waals surface area contributed by atoms with E-state index >= 15 is 0 Å². The van der Waals surface area contributed by atoms with E-state index in [1.54, 1.807) is 6.07 Å². The van der Waals surface area contributed by atoms with Crippen LogP contribution in [0.25, 0.3) is 0 Å². The summed E-state index contributed by atoms with van der Waals surface area (Å²) < 4.78 is 11.2. The van der Waals surface area contributed by atoms with Gasteiger partial charge in [0.15, 0.2) is 0 Å². The van der Waals surface area contributed by atoms with E-state index in [4.69, 9.17) is 19.7 Å². The fraction of sp³-hybridized carbons (Fsp3) is 0.750. The van der Waals surface area contributed by atoms with Crippen LogP contribution in [-0.4, -0.2) is 47.9 Å². The molecule has 1 rings (SSSR count). The van der Waals surface area contributed by atoms with E-state index in [2.05, 4.69) is 13.0 Å². The van der Waals surface area contributed by atoms with Gasteiger partial charge in [0, 0.05) is 12.7 Å². The lowest BCUT2D eigenvalue weighted by atomic mass is 10.1. The summed E-state index contributed by atoms with van der Waals surface area (Å²) in [5, 5.41) is 27.7. The lowest BCUT2D eigenvalue weighted by molar-refractivity contribution is -0.0208. The average Bonchev–Trinajstić information content (AvgIpc) is 2.71. The van der Waals surface area contributed by atoms with E-state index in [9.17, 15) is 5.11 Å². The SMILES string of the molecule is CCCCCc1cc(O)cc(OCCCCCCCCCCOC(CO)CO)c1. The molecule has 5 nitrogen and oxygen atoms in total. The number of aromatic hydroxyl groups is 1. The molecule has 0 saturated carbocycles. The molecule has 0 saturated heterocycles. The molecule has 0 atom stereocenters. The Balaban J connectivity index is 1.99. The van der Waals surface area contributed by atoms with Gasteiger partial charge < -0.3 is 24.8 Å². The average molecular weight is 411 g/mol. The quantitative estimate of drug-likeness (QED) is 0.280. The number of aliphatic hydroxyl groups is 2. The molecular weight excluding hydrogens is 368 g/mol. The Morgan fingerprint density at radius 3 is 2.00 bits per heavy atom. The van der Waals surface area contributed by atoms with Crippen molar-refractivity contribution in [1.82, 2.24) is 0 Å². The van der Waals surface area contributed by atoms with Gasteiger partial charge in [-0.1, -0.05) is 58.3 Å². The lowest BCUT2D eigenvalue weighted by Crippen LogP contribution is -2.22. The van der Waals surface area contributed by atoms with Gasteiger partial charge >= 0.3 is 0 Å². The van der Waals surface area contributed by atoms with Gasteiger partial charge in [0.2, 0.25) is 0 Å². The van der Waals surface area contributed by atoms with Crippen LogP contribution < -0.4 is 4.74 Å². The van der Waals surface area contributed by atoms with Gasteiger partial charge in [-0.05, 0) is 43.4 Å². The van der Waals surface area contributed by atoms with Crippen LogP contribution in [0.1, 0.15) is 83.1 Å². The first-order valence-electron chi connectivity index (χ1n) is 11.5. The molecule has 0 radical (unpaired) electrons. The maximum Gasteiger partial charge on any atom is 0.123 e. The van der Waals surface area contributed by atoms with E-state index in [-0.39, 0.29) is 13.2 Å². The Labute approximate surface area is 177 Å². The minimum absolute atomic E-state index is 0.119. The minimum Gasteiger partial charge on any atom is -0.508 e. The Hall–Kier alpha value is -1.30. The summed E-state index contributed by atoms with van der Waals surface area (Å²) in [6.45, 7) is 3.27. The molecule has 3 N–H and O–H groups in total. The molecular formula is C24H42O5. The Kier molecular flexibility index (Phi) is 15.6. The highest BCUT2D eigenvalue weighted by atomic mass is 16.5. The Morgan fingerprint density at radius 1 is 0.759 bits per heavy atom. The van der Waals surface area contributed by atoms with Crippen molar-refractivity contribution < 1.29 is 24.8 Å². The number of hydrogen-bond acceptors (Lipinski definition) is 5. The number of phenols is 1. The second-order valence-corrected chi connectivity index (χ2v) is 7.83. The molecule has 168 valence electrons. The summed E-state index contributed by atoms with van der Waals surface area (Å²) in [5.41, 5.74) is 1.15. The smallest absolute Gasteiger partial charge is 0.123 e. The van der Waals surface area contributed by atoms with Crippen LogP contribution in [0.2, 0.25) is 0 Å². The molecule has 0 fully saturated rings. The number of aliphatic hydroxyl groups excluding tert-OH is 2. The molecule has 0 aromatic heterocycles. The van der Waals surface area contributed by atoms with Crippen LogP contribution in [0.3, 0.4) is 0 Å². The van der Waals surface area contributed by atoms with Crippen LogP contribution in [0.4, 0.5) is 0 Å². The summed E-state index contributed by atoms with van der Waals surface area (Å²) >= 11 is 0. The molecule has 0 spiro atoms. The van der Waals surface area contributed by atoms with Gasteiger partial charge in [0.05, 0.1) is 19.8 Å². The Bertz CT molecular complexity index is 502. The van der Waals surface area contributed by atoms with E-state index < -0.39 is 6.10 Å². The van der Waals surface area contributed by atoms with E-state index in [1.165, 1.54) is 44.9 Å². The zero-order chi connectivity index (χ0) is 21.2. The molecule has 1 aromatic rings. The van der Waals surface area contributed by atoms with Crippen molar-refractivity contribution in [3.8, 4) is 11.5 Å². The fourth-order valence-electron chi connectivity index (χ4n) is 3.32. The van der Waals surface area contributed by atoms with Crippen LogP contribution >= 0.6 is 0 Å². The van der Waals surface area contributed by atoms with Crippen molar-refractivity contribution in [3.05, 3.63) is 23.8 Å². The number of unbranched alkanes of at least 4 members (excludes halogenated alkanes) is 9. The highest BCUT2D eigenvalue weighted by molar-refractivity contribution is 5.37. The van der Waals surface area contributed by atoms with Crippen molar-refractivity contribution in [3.63, 3.8) is 0 Å². The summed E-state index contributed by atoms with van der Waals surface area (Å²) in [4.78, 5) is 0. The first-order chi connectivity index (χ1) is 14.2. The summed E-state index contributed by atoms with van der Waals surface area (Å²) in [5.74, 6) is 1.07. The minimum atomic E-state index is -0.426. The van der Waals surface area contributed by atoms with Crippen molar-refractivity contribution in [2.45, 2.75) is 90.1 Å². The molecule has 1 aromatic carbocycles. The predicted octanol–water partition coefficient (Wildman–Crippen LogP) is 4.99. The van der Waals surface area contributed by atoms with Gasteiger partial charge in [0.1, 0.15) is 17.6 Å². The van der Waals surface area contributed by atoms with Gasteiger partial charge in [-0.25, -0.2) is 0 Å². The van der Waals surface area contributed by atoms with E-state index in [0.29, 0.717) is 19.0 Å². The predicted molar refractivity (Wildman–Crippen MR) is 118 cm³/mol. The van der Waals surface area contributed by atoms with Crippen LogP contribution in [0.5, 0.6) is 11.5 Å². The number of ether oxygens (including phenoxy) is 2. The molecule has 0 aliphatic rings. The third-order valence-electron chi connectivity index (χ3n) is 5.09. The Morgan fingerprint density at radius 2 is 1.38 bits per heavy atom. The molecule has 0 aliphatic carbocycles. The molecule has 29 heavy (non-hydrogen) atoms. The van der Waals surface area contributed by atoms with Gasteiger partial charge in [-0.2, -0.15) is 0 Å². The lowest BCUT2D eigenvalue weighted by Gasteiger charge is -2.12. The molecule has 0 aliphatic heterocycles. The fourth-order valence-corrected chi connectivity index (χ4v) is 3.32. The molecule has 0 heterocycles. The molecule has 5 heteroatoms. The number of hydrogen-bond donors (Lipinski definition) is 3. The monoisotopic (exact) mass is 410 g/mol. The number of aryl methyl sites for hydroxylation is 1. The van der Waals surface area contributed by atoms with E-state index in [0.717, 1.165) is 43.4 Å². The highest BCUT2D eigenvalue weighted by Gasteiger charge is 2.04. The third-order valence-corrected chi connectivity index (χ3v) is 5.09. The van der Waals surface area contributed by atoms with Gasteiger partial charge in [0.25, 0.3) is 0 Å². The van der Waals surface area contributed by atoms with Crippen molar-refractivity contribution in [1.29, 1.82) is 0 Å². The number of rotatable bonds is 19. The summed E-state index contributed by atoms with van der Waals surface area (Å²) in [7, 11) is 0. The second kappa shape index (κ2) is 17.5. The third kappa shape index (κ3) is 13.5. The first-order valence-corrected chi connectivity index (χ1v) is 11.5. The summed E-state index contributed by atoms with van der Waals surface area (Å²) in [6.07, 6.45) is 13.4. The van der Waals surface area contributed by atoms with Crippen molar-refractivity contribution in [2.75, 3.05) is 26.4 Å². The normalized spacial score (nSPS) is 11.3. The van der Waals surface area contributed by atoms with Gasteiger partial charge in [-0.15, -0.1) is 0 Å². The molecule has 0 amide bonds. The van der Waals surface area contributed by atoms with Crippen molar-refractivity contribution in [2.24, 2.45) is 0 Å². The molecule has 0 bridgehead atoms. The van der Waals surface area contributed by atoms with Crippen molar-refractivity contribution >= 4 is 0 Å². The highest BCUT2D eigenvalue weighted by Crippen LogP contribution is 2.23.